The maximum Gasteiger partial charge on any atom is 0.408 e. The maximum atomic E-state index is 12.7. The van der Waals surface area contributed by atoms with Gasteiger partial charge in [-0.3, -0.25) is 0 Å². The van der Waals surface area contributed by atoms with Crippen LogP contribution in [-0.2, 0) is 11.2 Å². The van der Waals surface area contributed by atoms with Crippen molar-refractivity contribution in [1.82, 2.24) is 15.3 Å². The summed E-state index contributed by atoms with van der Waals surface area (Å²) in [6.45, 7) is 6.77. The van der Waals surface area contributed by atoms with E-state index in [-0.39, 0.29) is 22.2 Å². The molecule has 1 atom stereocenters. The Bertz CT molecular complexity index is 1040. The molecule has 2 aromatic rings. The third kappa shape index (κ3) is 4.39. The highest BCUT2D eigenvalue weighted by Crippen LogP contribution is 2.52. The van der Waals surface area contributed by atoms with Gasteiger partial charge in [0.15, 0.2) is 11.5 Å². The van der Waals surface area contributed by atoms with E-state index in [4.69, 9.17) is 4.74 Å². The second kappa shape index (κ2) is 8.27. The van der Waals surface area contributed by atoms with Gasteiger partial charge in [0.05, 0.1) is 12.2 Å². The SMILES string of the molecule is CC(C)(C)OC(=O)N[C@@H]1c2ccccc2CC12CCN(c1ncc(S)nc1C(=O)O)CC2. The smallest absolute Gasteiger partial charge is 0.408 e. The first-order chi connectivity index (χ1) is 15.1. The minimum atomic E-state index is -1.12. The van der Waals surface area contributed by atoms with Crippen molar-refractivity contribution in [2.75, 3.05) is 18.0 Å². The second-order valence-corrected chi connectivity index (χ2v) is 9.97. The van der Waals surface area contributed by atoms with E-state index in [9.17, 15) is 14.7 Å². The Kier molecular flexibility index (Phi) is 5.79. The van der Waals surface area contributed by atoms with E-state index >= 15 is 0 Å². The fourth-order valence-electron chi connectivity index (χ4n) is 4.82. The number of carboxylic acid groups (broad SMARTS) is 1. The van der Waals surface area contributed by atoms with Crippen molar-refractivity contribution in [3.63, 3.8) is 0 Å². The quantitative estimate of drug-likeness (QED) is 0.602. The predicted molar refractivity (Wildman–Crippen MR) is 122 cm³/mol. The zero-order valence-corrected chi connectivity index (χ0v) is 19.4. The molecule has 1 amide bonds. The zero-order chi connectivity index (χ0) is 23.1. The van der Waals surface area contributed by atoms with Crippen molar-refractivity contribution >= 4 is 30.5 Å². The van der Waals surface area contributed by atoms with Gasteiger partial charge in [0.1, 0.15) is 10.6 Å². The molecule has 1 aromatic carbocycles. The maximum absolute atomic E-state index is 12.7. The van der Waals surface area contributed by atoms with Crippen molar-refractivity contribution in [2.45, 2.75) is 56.7 Å². The van der Waals surface area contributed by atoms with E-state index in [0.717, 1.165) is 24.8 Å². The number of hydrogen-bond acceptors (Lipinski definition) is 7. The number of alkyl carbamates (subject to hydrolysis) is 1. The Morgan fingerprint density at radius 2 is 1.94 bits per heavy atom. The van der Waals surface area contributed by atoms with Gasteiger partial charge in [0.2, 0.25) is 0 Å². The number of carboxylic acids is 1. The van der Waals surface area contributed by atoms with Crippen LogP contribution in [0.5, 0.6) is 0 Å². The number of anilines is 1. The van der Waals surface area contributed by atoms with Crippen LogP contribution in [-0.4, -0.2) is 45.8 Å². The number of ether oxygens (including phenoxy) is 1. The van der Waals surface area contributed by atoms with Gasteiger partial charge in [-0.1, -0.05) is 24.3 Å². The van der Waals surface area contributed by atoms with Gasteiger partial charge in [0, 0.05) is 18.5 Å². The van der Waals surface area contributed by atoms with E-state index in [1.54, 1.807) is 0 Å². The summed E-state index contributed by atoms with van der Waals surface area (Å²) in [6.07, 6.45) is 3.43. The lowest BCUT2D eigenvalue weighted by Crippen LogP contribution is -2.48. The van der Waals surface area contributed by atoms with E-state index < -0.39 is 17.7 Å². The van der Waals surface area contributed by atoms with E-state index in [2.05, 4.69) is 40.0 Å². The topological polar surface area (TPSA) is 105 Å². The first kappa shape index (κ1) is 22.4. The largest absolute Gasteiger partial charge is 0.476 e. The first-order valence-electron chi connectivity index (χ1n) is 10.7. The molecular formula is C23H28N4O4S. The normalized spacial score (nSPS) is 19.5. The first-order valence-corrected chi connectivity index (χ1v) is 11.1. The second-order valence-electron chi connectivity index (χ2n) is 9.51. The van der Waals surface area contributed by atoms with Gasteiger partial charge in [0.25, 0.3) is 0 Å². The lowest BCUT2D eigenvalue weighted by Gasteiger charge is -2.44. The molecule has 0 unspecified atom stereocenters. The highest BCUT2D eigenvalue weighted by Gasteiger charge is 2.49. The molecule has 1 fully saturated rings. The summed E-state index contributed by atoms with van der Waals surface area (Å²) in [5.74, 6) is -0.765. The van der Waals surface area contributed by atoms with E-state index in [1.807, 2.05) is 37.8 Å². The molecule has 1 aliphatic heterocycles. The Labute approximate surface area is 192 Å². The number of nitrogens with zero attached hydrogens (tertiary/aromatic N) is 3. The minimum absolute atomic E-state index is 0.0911. The summed E-state index contributed by atoms with van der Waals surface area (Å²) in [4.78, 5) is 34.6. The van der Waals surface area contributed by atoms with Crippen LogP contribution in [0.2, 0.25) is 0 Å². The highest BCUT2D eigenvalue weighted by atomic mass is 32.1. The number of fused-ring (bicyclic) bond motifs is 1. The number of rotatable bonds is 3. The molecular weight excluding hydrogens is 428 g/mol. The number of carbonyl (C=O) groups excluding carboxylic acids is 1. The van der Waals surface area contributed by atoms with Crippen LogP contribution >= 0.6 is 12.6 Å². The summed E-state index contributed by atoms with van der Waals surface area (Å²) in [6, 6.07) is 8.02. The van der Waals surface area contributed by atoms with Gasteiger partial charge < -0.3 is 20.1 Å². The van der Waals surface area contributed by atoms with Crippen molar-refractivity contribution in [2.24, 2.45) is 5.41 Å². The molecule has 0 bridgehead atoms. The van der Waals surface area contributed by atoms with Gasteiger partial charge in [-0.25, -0.2) is 19.6 Å². The summed E-state index contributed by atoms with van der Waals surface area (Å²) >= 11 is 4.12. The Morgan fingerprint density at radius 3 is 2.59 bits per heavy atom. The Hall–Kier alpha value is -2.81. The van der Waals surface area contributed by atoms with Gasteiger partial charge in [-0.15, -0.1) is 12.6 Å². The summed E-state index contributed by atoms with van der Waals surface area (Å²) < 4.78 is 5.54. The molecule has 0 radical (unpaired) electrons. The molecule has 9 heteroatoms. The van der Waals surface area contributed by atoms with Crippen molar-refractivity contribution in [3.05, 3.63) is 47.3 Å². The molecule has 4 rings (SSSR count). The number of benzene rings is 1. The monoisotopic (exact) mass is 456 g/mol. The summed E-state index contributed by atoms with van der Waals surface area (Å²) in [7, 11) is 0. The average Bonchev–Trinajstić information content (AvgIpc) is 3.00. The molecule has 2 aliphatic rings. The summed E-state index contributed by atoms with van der Waals surface area (Å²) in [5, 5.41) is 13.0. The number of carbonyl (C=O) groups is 2. The molecule has 2 N–H and O–H groups in total. The molecule has 1 spiro atoms. The minimum Gasteiger partial charge on any atom is -0.476 e. The van der Waals surface area contributed by atoms with Crippen LogP contribution in [0, 0.1) is 5.41 Å². The molecule has 1 aromatic heterocycles. The molecule has 2 heterocycles. The highest BCUT2D eigenvalue weighted by molar-refractivity contribution is 7.80. The van der Waals surface area contributed by atoms with Crippen LogP contribution in [0.3, 0.4) is 0 Å². The lowest BCUT2D eigenvalue weighted by atomic mass is 9.72. The van der Waals surface area contributed by atoms with Crippen LogP contribution < -0.4 is 10.2 Å². The Morgan fingerprint density at radius 1 is 1.25 bits per heavy atom. The average molecular weight is 457 g/mol. The number of amides is 1. The van der Waals surface area contributed by atoms with Crippen molar-refractivity contribution in [3.8, 4) is 0 Å². The molecule has 0 saturated carbocycles. The van der Waals surface area contributed by atoms with E-state index in [0.29, 0.717) is 18.9 Å². The molecule has 1 aliphatic carbocycles. The number of aromatic carboxylic acids is 1. The molecule has 170 valence electrons. The molecule has 1 saturated heterocycles. The van der Waals surface area contributed by atoms with Gasteiger partial charge >= 0.3 is 12.1 Å². The van der Waals surface area contributed by atoms with Crippen molar-refractivity contribution < 1.29 is 19.4 Å². The fraction of sp³-hybridized carbons (Fsp3) is 0.478. The van der Waals surface area contributed by atoms with Crippen LogP contribution in [0.15, 0.2) is 35.5 Å². The third-order valence-corrected chi connectivity index (χ3v) is 6.40. The van der Waals surface area contributed by atoms with Crippen molar-refractivity contribution in [1.29, 1.82) is 0 Å². The predicted octanol–water partition coefficient (Wildman–Crippen LogP) is 3.87. The standard InChI is InChI=1S/C23H28N4O4S/c1-22(2,3)31-21(30)26-18-15-7-5-4-6-14(15)12-23(18)8-10-27(11-9-23)19-17(20(28)29)25-16(32)13-24-19/h4-7,13,18H,8-12H2,1-3H3,(H,25,32)(H,26,30)(H,28,29)/t18-/m1/s1. The fourth-order valence-corrected chi connectivity index (χ4v) is 4.98. The molecule has 8 nitrogen and oxygen atoms in total. The van der Waals surface area contributed by atoms with Crippen LogP contribution in [0.4, 0.5) is 10.6 Å². The van der Waals surface area contributed by atoms with Crippen LogP contribution in [0.1, 0.15) is 61.3 Å². The number of piperidine rings is 1. The number of nitrogens with one attached hydrogen (secondary N) is 1. The zero-order valence-electron chi connectivity index (χ0n) is 18.5. The Balaban J connectivity index is 1.57. The number of hydrogen-bond donors (Lipinski definition) is 3. The summed E-state index contributed by atoms with van der Waals surface area (Å²) in [5.41, 5.74) is 1.51. The third-order valence-electron chi connectivity index (χ3n) is 6.18. The van der Waals surface area contributed by atoms with E-state index in [1.165, 1.54) is 11.8 Å². The van der Waals surface area contributed by atoms with Crippen LogP contribution in [0.25, 0.3) is 0 Å². The van der Waals surface area contributed by atoms with Gasteiger partial charge in [-0.2, -0.15) is 0 Å². The number of thiol groups is 1. The lowest BCUT2D eigenvalue weighted by molar-refractivity contribution is 0.0427. The van der Waals surface area contributed by atoms with Gasteiger partial charge in [-0.05, 0) is 51.2 Å². The number of aromatic nitrogens is 2. The molecule has 32 heavy (non-hydrogen) atoms.